The largest absolute Gasteiger partial charge is 0.481 e. The van der Waals surface area contributed by atoms with E-state index in [2.05, 4.69) is 10.6 Å². The Labute approximate surface area is 111 Å². The predicted molar refractivity (Wildman–Crippen MR) is 67.9 cm³/mol. The Morgan fingerprint density at radius 2 is 1.84 bits per heavy atom. The SMILES string of the molecule is CC(NC(=O)C1CCCC1)NC(=O)[C@@H](N)CC(=O)O. The van der Waals surface area contributed by atoms with E-state index in [0.717, 1.165) is 25.7 Å². The van der Waals surface area contributed by atoms with Crippen LogP contribution in [0.2, 0.25) is 0 Å². The van der Waals surface area contributed by atoms with E-state index < -0.39 is 30.5 Å². The number of carboxylic acids is 1. The summed E-state index contributed by atoms with van der Waals surface area (Å²) in [5.41, 5.74) is 5.41. The topological polar surface area (TPSA) is 122 Å². The van der Waals surface area contributed by atoms with Gasteiger partial charge in [0.1, 0.15) is 0 Å². The van der Waals surface area contributed by atoms with Crippen molar-refractivity contribution in [1.29, 1.82) is 0 Å². The van der Waals surface area contributed by atoms with Gasteiger partial charge >= 0.3 is 5.97 Å². The summed E-state index contributed by atoms with van der Waals surface area (Å²) in [6, 6.07) is -1.11. The minimum absolute atomic E-state index is 0.0204. The normalized spacial score (nSPS) is 18.6. The van der Waals surface area contributed by atoms with E-state index in [1.807, 2.05) is 0 Å². The van der Waals surface area contributed by atoms with Crippen molar-refractivity contribution in [3.05, 3.63) is 0 Å². The van der Waals surface area contributed by atoms with Crippen molar-refractivity contribution in [1.82, 2.24) is 10.6 Å². The van der Waals surface area contributed by atoms with Crippen LogP contribution >= 0.6 is 0 Å². The fourth-order valence-corrected chi connectivity index (χ4v) is 2.16. The van der Waals surface area contributed by atoms with Crippen molar-refractivity contribution in [2.45, 2.75) is 51.2 Å². The van der Waals surface area contributed by atoms with Gasteiger partial charge in [-0.3, -0.25) is 14.4 Å². The molecule has 7 nitrogen and oxygen atoms in total. The highest BCUT2D eigenvalue weighted by Crippen LogP contribution is 2.24. The van der Waals surface area contributed by atoms with Crippen molar-refractivity contribution in [3.8, 4) is 0 Å². The van der Waals surface area contributed by atoms with Gasteiger partial charge in [-0.05, 0) is 19.8 Å². The van der Waals surface area contributed by atoms with Gasteiger partial charge in [0.15, 0.2) is 0 Å². The van der Waals surface area contributed by atoms with E-state index in [9.17, 15) is 14.4 Å². The van der Waals surface area contributed by atoms with Crippen LogP contribution in [-0.4, -0.2) is 35.1 Å². The lowest BCUT2D eigenvalue weighted by atomic mass is 10.1. The molecule has 19 heavy (non-hydrogen) atoms. The molecule has 0 spiro atoms. The Hall–Kier alpha value is -1.63. The van der Waals surface area contributed by atoms with E-state index in [1.54, 1.807) is 6.92 Å². The molecule has 0 bridgehead atoms. The summed E-state index contributed by atoms with van der Waals surface area (Å²) in [4.78, 5) is 33.8. The number of aliphatic carboxylic acids is 1. The summed E-state index contributed by atoms with van der Waals surface area (Å²) >= 11 is 0. The Morgan fingerprint density at radius 3 is 2.37 bits per heavy atom. The van der Waals surface area contributed by atoms with Crippen LogP contribution in [0.15, 0.2) is 0 Å². The van der Waals surface area contributed by atoms with Gasteiger partial charge in [-0.2, -0.15) is 0 Å². The van der Waals surface area contributed by atoms with E-state index in [-0.39, 0.29) is 11.8 Å². The molecule has 1 fully saturated rings. The summed E-state index contributed by atoms with van der Waals surface area (Å²) < 4.78 is 0. The van der Waals surface area contributed by atoms with Crippen LogP contribution in [0.4, 0.5) is 0 Å². The maximum atomic E-state index is 11.8. The first-order chi connectivity index (χ1) is 8.90. The lowest BCUT2D eigenvalue weighted by Crippen LogP contribution is -2.52. The molecule has 0 saturated heterocycles. The van der Waals surface area contributed by atoms with Crippen molar-refractivity contribution >= 4 is 17.8 Å². The minimum Gasteiger partial charge on any atom is -0.481 e. The van der Waals surface area contributed by atoms with Crippen LogP contribution in [0, 0.1) is 5.92 Å². The van der Waals surface area contributed by atoms with Gasteiger partial charge in [0.05, 0.1) is 18.6 Å². The van der Waals surface area contributed by atoms with Crippen molar-refractivity contribution < 1.29 is 19.5 Å². The Balaban J connectivity index is 2.33. The zero-order valence-electron chi connectivity index (χ0n) is 11.0. The molecule has 0 heterocycles. The zero-order valence-corrected chi connectivity index (χ0v) is 11.0. The van der Waals surface area contributed by atoms with Gasteiger partial charge in [-0.15, -0.1) is 0 Å². The molecule has 108 valence electrons. The molecule has 1 rings (SSSR count). The molecule has 1 aliphatic carbocycles. The van der Waals surface area contributed by atoms with Crippen molar-refractivity contribution in [2.75, 3.05) is 0 Å². The number of carbonyl (C=O) groups is 3. The third-order valence-electron chi connectivity index (χ3n) is 3.17. The Bertz CT molecular complexity index is 353. The fourth-order valence-electron chi connectivity index (χ4n) is 2.16. The summed E-state index contributed by atoms with van der Waals surface area (Å²) in [5, 5.41) is 13.7. The molecule has 7 heteroatoms. The highest BCUT2D eigenvalue weighted by Gasteiger charge is 2.25. The second-order valence-electron chi connectivity index (χ2n) is 4.92. The van der Waals surface area contributed by atoms with Crippen molar-refractivity contribution in [2.24, 2.45) is 11.7 Å². The lowest BCUT2D eigenvalue weighted by molar-refractivity contribution is -0.139. The van der Waals surface area contributed by atoms with Crippen LogP contribution in [0.5, 0.6) is 0 Å². The third kappa shape index (κ3) is 5.25. The molecule has 0 aromatic heterocycles. The van der Waals surface area contributed by atoms with E-state index >= 15 is 0 Å². The quantitative estimate of drug-likeness (QED) is 0.488. The molecule has 0 aliphatic heterocycles. The summed E-state index contributed by atoms with van der Waals surface area (Å²) in [5.74, 6) is -1.77. The van der Waals surface area contributed by atoms with Crippen LogP contribution in [0.1, 0.15) is 39.0 Å². The monoisotopic (exact) mass is 271 g/mol. The summed E-state index contributed by atoms with van der Waals surface area (Å²) in [6.45, 7) is 1.62. The van der Waals surface area contributed by atoms with Crippen LogP contribution in [0.25, 0.3) is 0 Å². The molecule has 5 N–H and O–H groups in total. The molecule has 0 aromatic rings. The zero-order chi connectivity index (χ0) is 14.4. The number of rotatable bonds is 6. The summed E-state index contributed by atoms with van der Waals surface area (Å²) in [7, 11) is 0. The van der Waals surface area contributed by atoms with Gasteiger partial charge in [0, 0.05) is 5.92 Å². The van der Waals surface area contributed by atoms with Gasteiger partial charge in [0.2, 0.25) is 11.8 Å². The first kappa shape index (κ1) is 15.4. The van der Waals surface area contributed by atoms with E-state index in [1.165, 1.54) is 0 Å². The molecule has 2 amide bonds. The molecule has 0 aromatic carbocycles. The molecule has 0 radical (unpaired) electrons. The first-order valence-electron chi connectivity index (χ1n) is 6.48. The number of carboxylic acid groups (broad SMARTS) is 1. The third-order valence-corrected chi connectivity index (χ3v) is 3.17. The van der Waals surface area contributed by atoms with E-state index in [4.69, 9.17) is 10.8 Å². The smallest absolute Gasteiger partial charge is 0.305 e. The fraction of sp³-hybridized carbons (Fsp3) is 0.750. The second-order valence-corrected chi connectivity index (χ2v) is 4.92. The molecular formula is C12H21N3O4. The minimum atomic E-state index is -1.13. The van der Waals surface area contributed by atoms with Gasteiger partial charge in [-0.1, -0.05) is 12.8 Å². The summed E-state index contributed by atoms with van der Waals surface area (Å²) in [6.07, 6.45) is 2.89. The Morgan fingerprint density at radius 1 is 1.26 bits per heavy atom. The van der Waals surface area contributed by atoms with Crippen molar-refractivity contribution in [3.63, 3.8) is 0 Å². The van der Waals surface area contributed by atoms with E-state index in [0.29, 0.717) is 0 Å². The molecule has 1 aliphatic rings. The molecule has 2 atom stereocenters. The van der Waals surface area contributed by atoms with Crippen LogP contribution in [0.3, 0.4) is 0 Å². The predicted octanol–water partition coefficient (Wildman–Crippen LogP) is -0.443. The number of hydrogen-bond acceptors (Lipinski definition) is 4. The number of nitrogens with two attached hydrogens (primary N) is 1. The van der Waals surface area contributed by atoms with Crippen LogP contribution in [-0.2, 0) is 14.4 Å². The number of nitrogens with one attached hydrogen (secondary N) is 2. The van der Waals surface area contributed by atoms with Gasteiger partial charge in [0.25, 0.3) is 0 Å². The molecule has 1 saturated carbocycles. The lowest BCUT2D eigenvalue weighted by Gasteiger charge is -2.19. The molecule has 1 unspecified atom stereocenters. The highest BCUT2D eigenvalue weighted by molar-refractivity contribution is 5.86. The molecular weight excluding hydrogens is 250 g/mol. The average Bonchev–Trinajstić information content (AvgIpc) is 2.80. The average molecular weight is 271 g/mol. The maximum absolute atomic E-state index is 11.8. The number of amides is 2. The number of hydrogen-bond donors (Lipinski definition) is 4. The maximum Gasteiger partial charge on any atom is 0.305 e. The standard InChI is InChI=1S/C12H21N3O4/c1-7(14-11(18)8-4-2-3-5-8)15-12(19)9(13)6-10(16)17/h7-9H,2-6,13H2,1H3,(H,14,18)(H,15,19)(H,16,17)/t7?,9-/m0/s1. The van der Waals surface area contributed by atoms with Gasteiger partial charge in [-0.25, -0.2) is 0 Å². The number of carbonyl (C=O) groups excluding carboxylic acids is 2. The highest BCUT2D eigenvalue weighted by atomic mass is 16.4. The second kappa shape index (κ2) is 7.08. The van der Waals surface area contributed by atoms with Gasteiger partial charge < -0.3 is 21.5 Å². The van der Waals surface area contributed by atoms with Crippen LogP contribution < -0.4 is 16.4 Å². The first-order valence-corrected chi connectivity index (χ1v) is 6.48. The Kier molecular flexibility index (Phi) is 5.75.